The standard InChI is InChI=1S/C28H54O3.2Mg.4H/c1-3-5-7-9-11-13-15-17-19-21-23-25-27(29)31-28(30)26-24-22-20-18-16-14-12-10-8-6-4-2;;;;;;/h3-26H2,1-2H3;;;;;;/q;2*+2;4*-1. The van der Waals surface area contributed by atoms with Gasteiger partial charge >= 0.3 is 58.0 Å². The van der Waals surface area contributed by atoms with Crippen LogP contribution in [0, 0.1) is 0 Å². The molecule has 0 bridgehead atoms. The van der Waals surface area contributed by atoms with Crippen LogP contribution in [0.15, 0.2) is 0 Å². The van der Waals surface area contributed by atoms with Gasteiger partial charge in [0.2, 0.25) is 0 Å². The third-order valence-corrected chi connectivity index (χ3v) is 6.20. The first-order chi connectivity index (χ1) is 15.2. The fraction of sp³-hybridized carbons (Fsp3) is 0.929. The van der Waals surface area contributed by atoms with Crippen LogP contribution in [0.4, 0.5) is 0 Å². The van der Waals surface area contributed by atoms with Crippen molar-refractivity contribution in [2.75, 3.05) is 0 Å². The van der Waals surface area contributed by atoms with Gasteiger partial charge in [0.05, 0.1) is 0 Å². The second kappa shape index (κ2) is 32.7. The van der Waals surface area contributed by atoms with Crippen molar-refractivity contribution in [1.29, 1.82) is 0 Å². The van der Waals surface area contributed by atoms with Crippen LogP contribution in [-0.4, -0.2) is 58.0 Å². The smallest absolute Gasteiger partial charge is 1.00 e. The van der Waals surface area contributed by atoms with Gasteiger partial charge in [-0.15, -0.1) is 0 Å². The molecule has 0 aromatic rings. The summed E-state index contributed by atoms with van der Waals surface area (Å²) >= 11 is 0. The van der Waals surface area contributed by atoms with Crippen molar-refractivity contribution in [2.45, 2.75) is 168 Å². The summed E-state index contributed by atoms with van der Waals surface area (Å²) < 4.78 is 4.96. The van der Waals surface area contributed by atoms with Crippen LogP contribution in [0.3, 0.4) is 0 Å². The van der Waals surface area contributed by atoms with E-state index in [1.165, 1.54) is 116 Å². The van der Waals surface area contributed by atoms with E-state index in [0.717, 1.165) is 25.7 Å². The molecule has 0 saturated heterocycles. The van der Waals surface area contributed by atoms with Crippen LogP contribution in [-0.2, 0) is 14.3 Å². The zero-order valence-corrected chi connectivity index (χ0v) is 25.4. The quantitative estimate of drug-likeness (QED) is 0.0585. The Bertz CT molecular complexity index is 385. The predicted octanol–water partition coefficient (Wildman–Crippen LogP) is 9.15. The molecule has 0 N–H and O–H groups in total. The van der Waals surface area contributed by atoms with Crippen LogP contribution >= 0.6 is 0 Å². The minimum Gasteiger partial charge on any atom is -1.00 e. The molecule has 0 saturated carbocycles. The van der Waals surface area contributed by atoms with E-state index in [1.807, 2.05) is 0 Å². The average molecular weight is 491 g/mol. The SMILES string of the molecule is CCCCCCCCCCCCCC(=O)OC(=O)CCCCCCCCCCCCC.[H-].[H-].[H-].[H-].[Mg+2].[Mg+2]. The summed E-state index contributed by atoms with van der Waals surface area (Å²) in [6, 6.07) is 0. The normalized spacial score (nSPS) is 10.4. The number of esters is 2. The molecule has 0 aliphatic heterocycles. The Balaban J connectivity index is -0.000000300. The molecule has 33 heavy (non-hydrogen) atoms. The molecule has 5 heteroatoms. The Morgan fingerprint density at radius 2 is 0.636 bits per heavy atom. The van der Waals surface area contributed by atoms with E-state index < -0.39 is 0 Å². The Labute approximate surface area is 245 Å². The third kappa shape index (κ3) is 32.7. The van der Waals surface area contributed by atoms with Gasteiger partial charge in [0.15, 0.2) is 0 Å². The average Bonchev–Trinajstić information content (AvgIpc) is 2.75. The summed E-state index contributed by atoms with van der Waals surface area (Å²) in [5.41, 5.74) is 0. The largest absolute Gasteiger partial charge is 2.00 e. The second-order valence-electron chi connectivity index (χ2n) is 9.42. The first kappa shape index (κ1) is 38.2. The number of carbonyl (C=O) groups excluding carboxylic acids is 2. The van der Waals surface area contributed by atoms with Gasteiger partial charge in [-0.1, -0.05) is 142 Å². The van der Waals surface area contributed by atoms with Crippen LogP contribution in [0.25, 0.3) is 0 Å². The van der Waals surface area contributed by atoms with Crippen LogP contribution in [0.1, 0.15) is 174 Å². The maximum atomic E-state index is 11.8. The van der Waals surface area contributed by atoms with Crippen LogP contribution < -0.4 is 0 Å². The molecule has 0 amide bonds. The van der Waals surface area contributed by atoms with E-state index in [4.69, 9.17) is 4.74 Å². The Morgan fingerprint density at radius 1 is 0.424 bits per heavy atom. The summed E-state index contributed by atoms with van der Waals surface area (Å²) in [6.45, 7) is 4.51. The first-order valence-electron chi connectivity index (χ1n) is 13.9. The summed E-state index contributed by atoms with van der Waals surface area (Å²) in [5, 5.41) is 0. The molecule has 0 spiro atoms. The molecule has 0 radical (unpaired) electrons. The minimum absolute atomic E-state index is 0. The Kier molecular flexibility index (Phi) is 37.8. The molecule has 0 heterocycles. The van der Waals surface area contributed by atoms with Crippen molar-refractivity contribution < 1.29 is 20.0 Å². The number of hydrogen-bond donors (Lipinski definition) is 0. The maximum absolute atomic E-state index is 11.8. The van der Waals surface area contributed by atoms with E-state index in [2.05, 4.69) is 13.8 Å². The van der Waals surface area contributed by atoms with E-state index in [1.54, 1.807) is 0 Å². The molecule has 0 unspecified atom stereocenters. The monoisotopic (exact) mass is 490 g/mol. The predicted molar refractivity (Wildman–Crippen MR) is 149 cm³/mol. The summed E-state index contributed by atoms with van der Waals surface area (Å²) in [6.07, 6.45) is 28.5. The number of carbonyl (C=O) groups is 2. The van der Waals surface area contributed by atoms with Crippen molar-refractivity contribution in [1.82, 2.24) is 0 Å². The molecule has 0 aromatic carbocycles. The van der Waals surface area contributed by atoms with Crippen molar-refractivity contribution in [3.63, 3.8) is 0 Å². The molecule has 0 atom stereocenters. The molecule has 3 nitrogen and oxygen atoms in total. The Hall–Kier alpha value is 0.672. The molecule has 192 valence electrons. The molecule has 0 aliphatic carbocycles. The fourth-order valence-electron chi connectivity index (χ4n) is 4.10. The zero-order chi connectivity index (χ0) is 22.8. The van der Waals surface area contributed by atoms with Gasteiger partial charge < -0.3 is 10.4 Å². The number of rotatable bonds is 24. The number of unbranched alkanes of at least 4 members (excludes halogenated alkanes) is 20. The van der Waals surface area contributed by atoms with E-state index in [-0.39, 0.29) is 63.8 Å². The molecular weight excluding hydrogens is 433 g/mol. The number of ether oxygens (including phenoxy) is 1. The van der Waals surface area contributed by atoms with E-state index in [0.29, 0.717) is 12.8 Å². The molecular formula is C28H58Mg2O3. The molecule has 0 aromatic heterocycles. The van der Waals surface area contributed by atoms with Crippen molar-refractivity contribution in [2.24, 2.45) is 0 Å². The van der Waals surface area contributed by atoms with Crippen LogP contribution in [0.5, 0.6) is 0 Å². The summed E-state index contributed by atoms with van der Waals surface area (Å²) in [7, 11) is 0. The van der Waals surface area contributed by atoms with E-state index >= 15 is 0 Å². The number of hydrogen-bond acceptors (Lipinski definition) is 3. The Morgan fingerprint density at radius 3 is 0.879 bits per heavy atom. The zero-order valence-electron chi connectivity index (χ0n) is 26.6. The maximum Gasteiger partial charge on any atom is 2.00 e. The molecule has 0 fully saturated rings. The minimum atomic E-state index is -0.330. The first-order valence-corrected chi connectivity index (χ1v) is 13.9. The van der Waals surface area contributed by atoms with Crippen molar-refractivity contribution in [3.05, 3.63) is 0 Å². The third-order valence-electron chi connectivity index (χ3n) is 6.20. The van der Waals surface area contributed by atoms with Gasteiger partial charge in [0.25, 0.3) is 0 Å². The molecule has 0 aliphatic rings. The molecule has 0 rings (SSSR count). The van der Waals surface area contributed by atoms with Gasteiger partial charge in [-0.3, -0.25) is 9.59 Å². The van der Waals surface area contributed by atoms with Crippen molar-refractivity contribution >= 4 is 58.0 Å². The second-order valence-corrected chi connectivity index (χ2v) is 9.42. The van der Waals surface area contributed by atoms with Gasteiger partial charge in [0.1, 0.15) is 0 Å². The van der Waals surface area contributed by atoms with Gasteiger partial charge in [-0.2, -0.15) is 0 Å². The topological polar surface area (TPSA) is 43.4 Å². The van der Waals surface area contributed by atoms with Crippen molar-refractivity contribution in [3.8, 4) is 0 Å². The van der Waals surface area contributed by atoms with Gasteiger partial charge in [0, 0.05) is 12.8 Å². The summed E-state index contributed by atoms with van der Waals surface area (Å²) in [4.78, 5) is 23.5. The van der Waals surface area contributed by atoms with Gasteiger partial charge in [-0.25, -0.2) is 0 Å². The van der Waals surface area contributed by atoms with E-state index in [9.17, 15) is 9.59 Å². The fourth-order valence-corrected chi connectivity index (χ4v) is 4.10. The summed E-state index contributed by atoms with van der Waals surface area (Å²) in [5.74, 6) is -0.659. The van der Waals surface area contributed by atoms with Gasteiger partial charge in [-0.05, 0) is 12.8 Å². The van der Waals surface area contributed by atoms with Crippen LogP contribution in [0.2, 0.25) is 0 Å².